The summed E-state index contributed by atoms with van der Waals surface area (Å²) in [5, 5.41) is 4.41. The molecule has 0 fully saturated rings. The van der Waals surface area contributed by atoms with Gasteiger partial charge in [0.25, 0.3) is 0 Å². The van der Waals surface area contributed by atoms with Gasteiger partial charge in [0.15, 0.2) is 0 Å². The molecular formula is C11H13ClN2O. The highest BCUT2D eigenvalue weighted by atomic mass is 35.5. The van der Waals surface area contributed by atoms with Gasteiger partial charge in [-0.25, -0.2) is 0 Å². The number of aryl methyl sites for hydroxylation is 1. The third kappa shape index (κ3) is 1.97. The van der Waals surface area contributed by atoms with Gasteiger partial charge in [0.1, 0.15) is 5.69 Å². The molecule has 0 aromatic carbocycles. The van der Waals surface area contributed by atoms with Crippen LogP contribution < -0.4 is 0 Å². The molecule has 2 rings (SSSR count). The van der Waals surface area contributed by atoms with Crippen LogP contribution >= 0.6 is 11.6 Å². The van der Waals surface area contributed by atoms with Gasteiger partial charge in [-0.15, -0.1) is 0 Å². The number of ketones is 1. The second kappa shape index (κ2) is 4.19. The number of allylic oxidation sites excluding steroid dienone is 2. The molecule has 1 aliphatic carbocycles. The third-order valence-corrected chi connectivity index (χ3v) is 2.97. The van der Waals surface area contributed by atoms with Gasteiger partial charge in [0, 0.05) is 7.05 Å². The number of hydrogen-bond acceptors (Lipinski definition) is 2. The molecule has 1 aliphatic rings. The van der Waals surface area contributed by atoms with Crippen LogP contribution in [0.2, 0.25) is 5.02 Å². The molecule has 4 heteroatoms. The smallest absolute Gasteiger partial charge is 0.208 e. The van der Waals surface area contributed by atoms with Crippen molar-refractivity contribution < 1.29 is 4.79 Å². The molecule has 15 heavy (non-hydrogen) atoms. The molecule has 1 aromatic heterocycles. The number of aromatic nitrogens is 2. The van der Waals surface area contributed by atoms with Crippen molar-refractivity contribution in [2.24, 2.45) is 7.05 Å². The Hall–Kier alpha value is -1.09. The van der Waals surface area contributed by atoms with Crippen molar-refractivity contribution in [1.82, 2.24) is 9.78 Å². The molecule has 1 aromatic rings. The second-order valence-electron chi connectivity index (χ2n) is 3.77. The van der Waals surface area contributed by atoms with Crippen molar-refractivity contribution in [3.8, 4) is 0 Å². The van der Waals surface area contributed by atoms with E-state index >= 15 is 0 Å². The minimum Gasteiger partial charge on any atom is -0.287 e. The van der Waals surface area contributed by atoms with Crippen LogP contribution in [0.3, 0.4) is 0 Å². The highest BCUT2D eigenvalue weighted by Gasteiger charge is 2.20. The Morgan fingerprint density at radius 2 is 2.33 bits per heavy atom. The number of halogens is 1. The number of nitrogens with zero attached hydrogens (tertiary/aromatic N) is 2. The fourth-order valence-electron chi connectivity index (χ4n) is 1.86. The maximum Gasteiger partial charge on any atom is 0.208 e. The van der Waals surface area contributed by atoms with E-state index in [0.29, 0.717) is 10.7 Å². The number of rotatable bonds is 2. The van der Waals surface area contributed by atoms with Crippen molar-refractivity contribution in [3.05, 3.63) is 28.6 Å². The molecule has 3 nitrogen and oxygen atoms in total. The van der Waals surface area contributed by atoms with Crippen LogP contribution in [-0.4, -0.2) is 15.6 Å². The van der Waals surface area contributed by atoms with Crippen molar-refractivity contribution in [3.63, 3.8) is 0 Å². The zero-order chi connectivity index (χ0) is 10.8. The first-order valence-electron chi connectivity index (χ1n) is 5.11. The Morgan fingerprint density at radius 3 is 2.87 bits per heavy atom. The lowest BCUT2D eigenvalue weighted by molar-refractivity contribution is 0.102. The zero-order valence-electron chi connectivity index (χ0n) is 8.66. The first-order valence-corrected chi connectivity index (χ1v) is 5.49. The van der Waals surface area contributed by atoms with E-state index in [-0.39, 0.29) is 5.78 Å². The molecule has 0 saturated carbocycles. The number of carbonyl (C=O) groups is 1. The predicted octanol–water partition coefficient (Wildman–Crippen LogP) is 2.76. The zero-order valence-corrected chi connectivity index (χ0v) is 9.42. The van der Waals surface area contributed by atoms with E-state index in [9.17, 15) is 4.79 Å². The summed E-state index contributed by atoms with van der Waals surface area (Å²) >= 11 is 5.93. The second-order valence-corrected chi connectivity index (χ2v) is 4.18. The van der Waals surface area contributed by atoms with E-state index in [4.69, 9.17) is 11.6 Å². The van der Waals surface area contributed by atoms with E-state index < -0.39 is 0 Å². The lowest BCUT2D eigenvalue weighted by Gasteiger charge is -2.11. The first kappa shape index (κ1) is 10.4. The minimum absolute atomic E-state index is 0.0275. The van der Waals surface area contributed by atoms with Gasteiger partial charge in [-0.2, -0.15) is 5.10 Å². The Kier molecular flexibility index (Phi) is 2.91. The Bertz CT molecular complexity index is 401. The van der Waals surface area contributed by atoms with Gasteiger partial charge in [-0.05, 0) is 31.3 Å². The standard InChI is InChI=1S/C11H13ClN2O/c1-14-10(9(12)7-13-14)11(15)8-5-3-2-4-6-8/h5,7H,2-4,6H2,1H3. The largest absolute Gasteiger partial charge is 0.287 e. The van der Waals surface area contributed by atoms with E-state index in [1.807, 2.05) is 6.08 Å². The van der Waals surface area contributed by atoms with E-state index in [2.05, 4.69) is 5.10 Å². The molecule has 0 unspecified atom stereocenters. The van der Waals surface area contributed by atoms with Crippen molar-refractivity contribution in [2.45, 2.75) is 25.7 Å². The predicted molar refractivity (Wildman–Crippen MR) is 59.1 cm³/mol. The minimum atomic E-state index is 0.0275. The average Bonchev–Trinajstić information content (AvgIpc) is 2.59. The van der Waals surface area contributed by atoms with Crippen LogP contribution in [0.15, 0.2) is 17.8 Å². The van der Waals surface area contributed by atoms with Gasteiger partial charge in [-0.1, -0.05) is 17.7 Å². The lowest BCUT2D eigenvalue weighted by Crippen LogP contribution is -2.11. The fraction of sp³-hybridized carbons (Fsp3) is 0.455. The maximum atomic E-state index is 12.1. The SMILES string of the molecule is Cn1ncc(Cl)c1C(=O)C1=CCCCC1. The maximum absolute atomic E-state index is 12.1. The molecular weight excluding hydrogens is 212 g/mol. The normalized spacial score (nSPS) is 16.3. The first-order chi connectivity index (χ1) is 7.20. The van der Waals surface area contributed by atoms with Gasteiger partial charge >= 0.3 is 0 Å². The van der Waals surface area contributed by atoms with Crippen LogP contribution in [0, 0.1) is 0 Å². The molecule has 0 bridgehead atoms. The summed E-state index contributed by atoms with van der Waals surface area (Å²) in [5.41, 5.74) is 1.39. The highest BCUT2D eigenvalue weighted by molar-refractivity contribution is 6.34. The van der Waals surface area contributed by atoms with Crippen molar-refractivity contribution in [2.75, 3.05) is 0 Å². The van der Waals surface area contributed by atoms with Crippen LogP contribution in [0.4, 0.5) is 0 Å². The van der Waals surface area contributed by atoms with Crippen LogP contribution in [0.5, 0.6) is 0 Å². The van der Waals surface area contributed by atoms with Crippen molar-refractivity contribution >= 4 is 17.4 Å². The lowest BCUT2D eigenvalue weighted by atomic mass is 9.95. The van der Waals surface area contributed by atoms with E-state index in [1.165, 1.54) is 12.6 Å². The Morgan fingerprint density at radius 1 is 1.53 bits per heavy atom. The van der Waals surface area contributed by atoms with E-state index in [0.717, 1.165) is 24.8 Å². The summed E-state index contributed by atoms with van der Waals surface area (Å²) in [6.45, 7) is 0. The van der Waals surface area contributed by atoms with Crippen LogP contribution in [0.25, 0.3) is 0 Å². The number of carbonyl (C=O) groups excluding carboxylic acids is 1. The molecule has 1 heterocycles. The third-order valence-electron chi connectivity index (χ3n) is 2.69. The molecule has 0 saturated heterocycles. The molecule has 0 radical (unpaired) electrons. The molecule has 80 valence electrons. The molecule has 0 spiro atoms. The molecule has 0 atom stereocenters. The molecule has 0 aliphatic heterocycles. The summed E-state index contributed by atoms with van der Waals surface area (Å²) in [6, 6.07) is 0. The Balaban J connectivity index is 2.31. The van der Waals surface area contributed by atoms with Gasteiger partial charge in [0.2, 0.25) is 5.78 Å². The van der Waals surface area contributed by atoms with Crippen LogP contribution in [-0.2, 0) is 7.05 Å². The van der Waals surface area contributed by atoms with Crippen LogP contribution in [0.1, 0.15) is 36.2 Å². The summed E-state index contributed by atoms with van der Waals surface area (Å²) in [6.07, 6.45) is 7.66. The summed E-state index contributed by atoms with van der Waals surface area (Å²) < 4.78 is 1.54. The van der Waals surface area contributed by atoms with Crippen molar-refractivity contribution in [1.29, 1.82) is 0 Å². The van der Waals surface area contributed by atoms with E-state index in [1.54, 1.807) is 11.7 Å². The average molecular weight is 225 g/mol. The molecule has 0 amide bonds. The van der Waals surface area contributed by atoms with Gasteiger partial charge < -0.3 is 0 Å². The monoisotopic (exact) mass is 224 g/mol. The molecule has 0 N–H and O–H groups in total. The summed E-state index contributed by atoms with van der Waals surface area (Å²) in [7, 11) is 1.74. The number of Topliss-reactive ketones (excluding diaryl/α,β-unsaturated/α-hetero) is 1. The quantitative estimate of drug-likeness (QED) is 0.724. The number of hydrogen-bond donors (Lipinski definition) is 0. The van der Waals surface area contributed by atoms with Gasteiger partial charge in [0.05, 0.1) is 11.2 Å². The summed E-state index contributed by atoms with van der Waals surface area (Å²) in [5.74, 6) is 0.0275. The van der Waals surface area contributed by atoms with Gasteiger partial charge in [-0.3, -0.25) is 9.48 Å². The topological polar surface area (TPSA) is 34.9 Å². The fourth-order valence-corrected chi connectivity index (χ4v) is 2.11. The highest BCUT2D eigenvalue weighted by Crippen LogP contribution is 2.24. The summed E-state index contributed by atoms with van der Waals surface area (Å²) in [4.78, 5) is 12.1. The Labute approximate surface area is 93.7 Å².